The van der Waals surface area contributed by atoms with Gasteiger partial charge in [0.15, 0.2) is 0 Å². The Balaban J connectivity index is 2.38. The molecular formula is C14H22FN3O2S. The maximum Gasteiger partial charge on any atom is 0.243 e. The van der Waals surface area contributed by atoms with Crippen LogP contribution in [-0.2, 0) is 10.0 Å². The average Bonchev–Trinajstić information content (AvgIpc) is 2.76. The minimum absolute atomic E-state index is 0.0907. The fourth-order valence-electron chi connectivity index (χ4n) is 2.86. The van der Waals surface area contributed by atoms with E-state index in [-0.39, 0.29) is 22.5 Å². The molecule has 0 saturated carbocycles. The van der Waals surface area contributed by atoms with E-state index >= 15 is 0 Å². The summed E-state index contributed by atoms with van der Waals surface area (Å²) in [5.74, 6) is -0.347. The molecule has 0 spiro atoms. The standard InChI is InChI=1S/C14H22FN3O2S/c1-9-5-11(15)12(16)6-14(9)21(19,20)18-7-10(2)13(8-18)17(3)4/h5-6,10,13H,7-8,16H2,1-4H3. The monoisotopic (exact) mass is 315 g/mol. The lowest BCUT2D eigenvalue weighted by Gasteiger charge is -2.22. The Morgan fingerprint density at radius 3 is 2.48 bits per heavy atom. The molecule has 1 aliphatic rings. The first-order valence-electron chi connectivity index (χ1n) is 6.86. The second kappa shape index (κ2) is 5.55. The van der Waals surface area contributed by atoms with Gasteiger partial charge in [-0.2, -0.15) is 4.31 Å². The van der Waals surface area contributed by atoms with E-state index in [4.69, 9.17) is 5.73 Å². The normalized spacial score (nSPS) is 23.9. The van der Waals surface area contributed by atoms with Gasteiger partial charge in [0.25, 0.3) is 0 Å². The Labute approximate surface area is 125 Å². The van der Waals surface area contributed by atoms with E-state index < -0.39 is 15.8 Å². The van der Waals surface area contributed by atoms with Crippen molar-refractivity contribution in [3.63, 3.8) is 0 Å². The summed E-state index contributed by atoms with van der Waals surface area (Å²) < 4.78 is 40.4. The minimum atomic E-state index is -3.65. The molecule has 0 aromatic heterocycles. The third-order valence-electron chi connectivity index (χ3n) is 4.11. The SMILES string of the molecule is Cc1cc(F)c(N)cc1S(=O)(=O)N1CC(C)C(N(C)C)C1. The third-order valence-corrected chi connectivity index (χ3v) is 6.09. The van der Waals surface area contributed by atoms with Crippen molar-refractivity contribution in [1.29, 1.82) is 0 Å². The number of hydrogen-bond donors (Lipinski definition) is 1. The maximum atomic E-state index is 13.4. The Kier molecular flexibility index (Phi) is 4.28. The number of nitrogens with two attached hydrogens (primary N) is 1. The number of halogens is 1. The predicted octanol–water partition coefficient (Wildman–Crippen LogP) is 1.29. The van der Waals surface area contributed by atoms with E-state index in [2.05, 4.69) is 0 Å². The molecule has 0 bridgehead atoms. The minimum Gasteiger partial charge on any atom is -0.396 e. The number of hydrogen-bond acceptors (Lipinski definition) is 4. The summed E-state index contributed by atoms with van der Waals surface area (Å²) in [5, 5.41) is 0. The van der Waals surface area contributed by atoms with Crippen molar-refractivity contribution in [1.82, 2.24) is 9.21 Å². The van der Waals surface area contributed by atoms with Gasteiger partial charge in [-0.25, -0.2) is 12.8 Å². The molecule has 1 aliphatic heterocycles. The highest BCUT2D eigenvalue weighted by molar-refractivity contribution is 7.89. The highest BCUT2D eigenvalue weighted by Crippen LogP contribution is 2.29. The third kappa shape index (κ3) is 2.90. The molecule has 1 aromatic rings. The van der Waals surface area contributed by atoms with Gasteiger partial charge < -0.3 is 10.6 Å². The van der Waals surface area contributed by atoms with Crippen LogP contribution in [0.4, 0.5) is 10.1 Å². The molecule has 5 nitrogen and oxygen atoms in total. The molecular weight excluding hydrogens is 293 g/mol. The zero-order chi connectivity index (χ0) is 15.9. The van der Waals surface area contributed by atoms with Gasteiger partial charge in [-0.3, -0.25) is 0 Å². The van der Waals surface area contributed by atoms with Crippen molar-refractivity contribution >= 4 is 15.7 Å². The molecule has 7 heteroatoms. The summed E-state index contributed by atoms with van der Waals surface area (Å²) in [6, 6.07) is 2.57. The van der Waals surface area contributed by atoms with Crippen molar-refractivity contribution in [2.24, 2.45) is 5.92 Å². The Morgan fingerprint density at radius 2 is 1.95 bits per heavy atom. The van der Waals surface area contributed by atoms with E-state index in [1.54, 1.807) is 6.92 Å². The molecule has 1 aromatic carbocycles. The van der Waals surface area contributed by atoms with E-state index in [9.17, 15) is 12.8 Å². The van der Waals surface area contributed by atoms with Crippen LogP contribution < -0.4 is 5.73 Å². The number of benzene rings is 1. The zero-order valence-electron chi connectivity index (χ0n) is 12.8. The highest BCUT2D eigenvalue weighted by atomic mass is 32.2. The Hall–Kier alpha value is -1.18. The molecule has 2 N–H and O–H groups in total. The van der Waals surface area contributed by atoms with Gasteiger partial charge in [0.1, 0.15) is 5.82 Å². The van der Waals surface area contributed by atoms with Crippen LogP contribution in [0.15, 0.2) is 17.0 Å². The molecule has 2 rings (SSSR count). The van der Waals surface area contributed by atoms with Gasteiger partial charge in [0, 0.05) is 19.1 Å². The first kappa shape index (κ1) is 16.2. The molecule has 1 saturated heterocycles. The fourth-order valence-corrected chi connectivity index (χ4v) is 4.66. The number of sulfonamides is 1. The molecule has 21 heavy (non-hydrogen) atoms. The van der Waals surface area contributed by atoms with Crippen molar-refractivity contribution in [3.8, 4) is 0 Å². The predicted molar refractivity (Wildman–Crippen MR) is 80.9 cm³/mol. The Bertz CT molecular complexity index is 646. The number of nitrogens with zero attached hydrogens (tertiary/aromatic N) is 2. The summed E-state index contributed by atoms with van der Waals surface area (Å²) in [7, 11) is 0.238. The summed E-state index contributed by atoms with van der Waals surface area (Å²) in [5.41, 5.74) is 5.76. The van der Waals surface area contributed by atoms with Gasteiger partial charge in [-0.1, -0.05) is 6.92 Å². The lowest BCUT2D eigenvalue weighted by Crippen LogP contribution is -2.36. The van der Waals surface area contributed by atoms with Crippen LogP contribution in [0.2, 0.25) is 0 Å². The highest BCUT2D eigenvalue weighted by Gasteiger charge is 2.38. The molecule has 1 heterocycles. The van der Waals surface area contributed by atoms with Crippen LogP contribution in [-0.4, -0.2) is 50.8 Å². The largest absolute Gasteiger partial charge is 0.396 e. The summed E-state index contributed by atoms with van der Waals surface area (Å²) in [4.78, 5) is 2.12. The number of anilines is 1. The van der Waals surface area contributed by atoms with Crippen LogP contribution in [0.1, 0.15) is 12.5 Å². The lowest BCUT2D eigenvalue weighted by molar-refractivity contribution is 0.263. The Morgan fingerprint density at radius 1 is 1.33 bits per heavy atom. The number of rotatable bonds is 3. The maximum absolute atomic E-state index is 13.4. The average molecular weight is 315 g/mol. The molecule has 1 fully saturated rings. The second-order valence-electron chi connectivity index (χ2n) is 5.97. The van der Waals surface area contributed by atoms with Crippen LogP contribution >= 0.6 is 0 Å². The van der Waals surface area contributed by atoms with Crippen molar-refractivity contribution in [3.05, 3.63) is 23.5 Å². The van der Waals surface area contributed by atoms with Crippen LogP contribution in [0, 0.1) is 18.7 Å². The van der Waals surface area contributed by atoms with Crippen molar-refractivity contribution in [2.75, 3.05) is 32.9 Å². The molecule has 0 aliphatic carbocycles. The van der Waals surface area contributed by atoms with E-state index in [1.807, 2.05) is 25.9 Å². The summed E-state index contributed by atoms with van der Waals surface area (Å²) >= 11 is 0. The second-order valence-corrected chi connectivity index (χ2v) is 7.88. The first-order chi connectivity index (χ1) is 9.64. The van der Waals surface area contributed by atoms with Crippen LogP contribution in [0.3, 0.4) is 0 Å². The number of nitrogen functional groups attached to an aromatic ring is 1. The van der Waals surface area contributed by atoms with Gasteiger partial charge in [-0.15, -0.1) is 0 Å². The summed E-state index contributed by atoms with van der Waals surface area (Å²) in [6.45, 7) is 4.51. The quantitative estimate of drug-likeness (QED) is 0.854. The van der Waals surface area contributed by atoms with Crippen molar-refractivity contribution < 1.29 is 12.8 Å². The van der Waals surface area contributed by atoms with Gasteiger partial charge in [0.2, 0.25) is 10.0 Å². The molecule has 2 unspecified atom stereocenters. The molecule has 0 amide bonds. The van der Waals surface area contributed by atoms with E-state index in [1.165, 1.54) is 16.4 Å². The van der Waals surface area contributed by atoms with Gasteiger partial charge in [-0.05, 0) is 44.6 Å². The van der Waals surface area contributed by atoms with Crippen molar-refractivity contribution in [2.45, 2.75) is 24.8 Å². The van der Waals surface area contributed by atoms with Crippen LogP contribution in [0.25, 0.3) is 0 Å². The van der Waals surface area contributed by atoms with E-state index in [0.29, 0.717) is 18.7 Å². The summed E-state index contributed by atoms with van der Waals surface area (Å²) in [6.07, 6.45) is 0. The molecule has 0 radical (unpaired) electrons. The van der Waals surface area contributed by atoms with E-state index in [0.717, 1.165) is 0 Å². The van der Waals surface area contributed by atoms with Gasteiger partial charge >= 0.3 is 0 Å². The lowest BCUT2D eigenvalue weighted by atomic mass is 10.1. The van der Waals surface area contributed by atoms with Crippen LogP contribution in [0.5, 0.6) is 0 Å². The molecule has 2 atom stereocenters. The fraction of sp³-hybridized carbons (Fsp3) is 0.571. The number of likely N-dealkylation sites (N-methyl/N-ethyl adjacent to an activating group) is 1. The smallest absolute Gasteiger partial charge is 0.243 e. The molecule has 118 valence electrons. The number of aryl methyl sites for hydroxylation is 1. The van der Waals surface area contributed by atoms with Gasteiger partial charge in [0.05, 0.1) is 10.6 Å². The zero-order valence-corrected chi connectivity index (χ0v) is 13.6. The first-order valence-corrected chi connectivity index (χ1v) is 8.30. The topological polar surface area (TPSA) is 66.6 Å².